The zero-order chi connectivity index (χ0) is 19.7. The Balaban J connectivity index is 1.52. The molecule has 0 unspecified atom stereocenters. The molecule has 28 heavy (non-hydrogen) atoms. The van der Waals surface area contributed by atoms with Gasteiger partial charge in [-0.2, -0.15) is 0 Å². The van der Waals surface area contributed by atoms with E-state index in [0.717, 1.165) is 41.2 Å². The molecule has 0 spiro atoms. The maximum absolute atomic E-state index is 13.1. The minimum atomic E-state index is -0.0316. The second kappa shape index (κ2) is 7.78. The van der Waals surface area contributed by atoms with Gasteiger partial charge in [-0.25, -0.2) is 4.98 Å². The zero-order valence-electron chi connectivity index (χ0n) is 16.5. The van der Waals surface area contributed by atoms with Gasteiger partial charge in [-0.1, -0.05) is 25.1 Å². The van der Waals surface area contributed by atoms with Gasteiger partial charge in [-0.05, 0) is 30.9 Å². The van der Waals surface area contributed by atoms with Gasteiger partial charge in [0.2, 0.25) is 5.91 Å². The first-order valence-corrected chi connectivity index (χ1v) is 10.1. The van der Waals surface area contributed by atoms with Gasteiger partial charge in [0.25, 0.3) is 5.56 Å². The molecular formula is C22H27N3O3. The third kappa shape index (κ3) is 3.43. The van der Waals surface area contributed by atoms with Crippen LogP contribution in [-0.4, -0.2) is 40.0 Å². The fraction of sp³-hybridized carbons (Fsp3) is 0.500. The summed E-state index contributed by atoms with van der Waals surface area (Å²) in [6.45, 7) is 1.99. The number of rotatable bonds is 5. The predicted octanol–water partition coefficient (Wildman–Crippen LogP) is 2.43. The van der Waals surface area contributed by atoms with Crippen molar-refractivity contribution in [2.24, 2.45) is 0 Å². The number of fused-ring (bicyclic) bond motifs is 3. The van der Waals surface area contributed by atoms with Gasteiger partial charge < -0.3 is 14.6 Å². The van der Waals surface area contributed by atoms with Crippen LogP contribution in [0.2, 0.25) is 0 Å². The molecule has 0 radical (unpaired) electrons. The van der Waals surface area contributed by atoms with Gasteiger partial charge in [0.1, 0.15) is 11.6 Å². The minimum absolute atomic E-state index is 0.0316. The summed E-state index contributed by atoms with van der Waals surface area (Å²) in [6, 6.07) is 8.09. The number of aromatic nitrogens is 2. The lowest BCUT2D eigenvalue weighted by molar-refractivity contribution is -0.133. The average Bonchev–Trinajstić information content (AvgIpc) is 3.01. The smallest absolute Gasteiger partial charge is 0.254 e. The van der Waals surface area contributed by atoms with Crippen molar-refractivity contribution >= 4 is 5.91 Å². The Morgan fingerprint density at radius 2 is 2.00 bits per heavy atom. The number of ether oxygens (including phenoxy) is 1. The van der Waals surface area contributed by atoms with Crippen LogP contribution in [0.5, 0.6) is 5.75 Å². The summed E-state index contributed by atoms with van der Waals surface area (Å²) in [7, 11) is 1.65. The van der Waals surface area contributed by atoms with Crippen LogP contribution in [-0.2, 0) is 30.5 Å². The highest BCUT2D eigenvalue weighted by Crippen LogP contribution is 2.33. The Kier molecular flexibility index (Phi) is 5.20. The summed E-state index contributed by atoms with van der Waals surface area (Å²) in [5, 5.41) is 0. The predicted molar refractivity (Wildman–Crippen MR) is 107 cm³/mol. The molecule has 3 heterocycles. The molecule has 1 N–H and O–H groups in total. The van der Waals surface area contributed by atoms with Gasteiger partial charge in [-0.15, -0.1) is 0 Å². The molecule has 1 amide bonds. The molecule has 0 aliphatic carbocycles. The first kappa shape index (κ1) is 18.7. The van der Waals surface area contributed by atoms with E-state index in [0.29, 0.717) is 32.1 Å². The number of nitrogens with one attached hydrogen (secondary N) is 1. The van der Waals surface area contributed by atoms with E-state index >= 15 is 0 Å². The van der Waals surface area contributed by atoms with Crippen LogP contribution in [0.1, 0.15) is 48.8 Å². The number of carbonyl (C=O) groups excluding carboxylic acids is 1. The van der Waals surface area contributed by atoms with Crippen molar-refractivity contribution in [2.75, 3.05) is 7.11 Å². The lowest BCUT2D eigenvalue weighted by atomic mass is 9.98. The molecule has 1 aromatic heterocycles. The van der Waals surface area contributed by atoms with Gasteiger partial charge in [0, 0.05) is 43.3 Å². The van der Waals surface area contributed by atoms with E-state index in [1.54, 1.807) is 7.11 Å². The highest BCUT2D eigenvalue weighted by molar-refractivity contribution is 5.78. The Hall–Kier alpha value is -2.63. The van der Waals surface area contributed by atoms with Crippen molar-refractivity contribution in [3.63, 3.8) is 0 Å². The van der Waals surface area contributed by atoms with E-state index < -0.39 is 0 Å². The number of hydrogen-bond acceptors (Lipinski definition) is 4. The van der Waals surface area contributed by atoms with Crippen molar-refractivity contribution in [1.82, 2.24) is 14.9 Å². The minimum Gasteiger partial charge on any atom is -0.496 e. The standard InChI is InChI=1S/C22H27N3O3/c1-3-20-23-18-13-16-10-9-15(12-17(18)22(27)24-20)25(16)21(26)11-8-14-6-4-5-7-19(14)28-2/h4-7,15-16H,3,8-13H2,1-2H3,(H,23,24,27)/t15-,16+/m1/s1. The molecule has 2 aliphatic heterocycles. The lowest BCUT2D eigenvalue weighted by Gasteiger charge is -2.28. The first-order chi connectivity index (χ1) is 13.6. The highest BCUT2D eigenvalue weighted by atomic mass is 16.5. The highest BCUT2D eigenvalue weighted by Gasteiger charge is 2.40. The third-order valence-electron chi connectivity index (χ3n) is 6.06. The molecular weight excluding hydrogens is 354 g/mol. The van der Waals surface area contributed by atoms with Crippen LogP contribution >= 0.6 is 0 Å². The van der Waals surface area contributed by atoms with Crippen LogP contribution in [0.4, 0.5) is 0 Å². The molecule has 2 bridgehead atoms. The second-order valence-electron chi connectivity index (χ2n) is 7.70. The SMILES string of the molecule is CCc1nc2c(c(=O)[nH]1)C[C@H]1CC[C@@H](C2)N1C(=O)CCc1ccccc1OC. The summed E-state index contributed by atoms with van der Waals surface area (Å²) in [5.74, 6) is 1.72. The summed E-state index contributed by atoms with van der Waals surface area (Å²) in [4.78, 5) is 35.2. The summed E-state index contributed by atoms with van der Waals surface area (Å²) >= 11 is 0. The van der Waals surface area contributed by atoms with Crippen molar-refractivity contribution < 1.29 is 9.53 Å². The average molecular weight is 381 g/mol. The van der Waals surface area contributed by atoms with E-state index in [9.17, 15) is 9.59 Å². The van der Waals surface area contributed by atoms with Crippen molar-refractivity contribution in [1.29, 1.82) is 0 Å². The lowest BCUT2D eigenvalue weighted by Crippen LogP contribution is -2.42. The molecule has 2 aliphatic rings. The summed E-state index contributed by atoms with van der Waals surface area (Å²) in [6.07, 6.45) is 5.05. The first-order valence-electron chi connectivity index (χ1n) is 10.1. The number of benzene rings is 1. The second-order valence-corrected chi connectivity index (χ2v) is 7.70. The van der Waals surface area contributed by atoms with E-state index in [1.165, 1.54) is 0 Å². The van der Waals surface area contributed by atoms with Crippen LogP contribution in [0.25, 0.3) is 0 Å². The zero-order valence-corrected chi connectivity index (χ0v) is 16.5. The van der Waals surface area contributed by atoms with Crippen LogP contribution < -0.4 is 10.3 Å². The Labute approximate surface area is 164 Å². The number of hydrogen-bond donors (Lipinski definition) is 1. The van der Waals surface area contributed by atoms with E-state index in [2.05, 4.69) is 9.97 Å². The molecule has 2 aromatic rings. The van der Waals surface area contributed by atoms with E-state index in [1.807, 2.05) is 36.1 Å². The quantitative estimate of drug-likeness (QED) is 0.863. The molecule has 2 atom stereocenters. The topological polar surface area (TPSA) is 75.3 Å². The molecule has 4 rings (SSSR count). The molecule has 1 aromatic carbocycles. The number of aromatic amines is 1. The van der Waals surface area contributed by atoms with Crippen molar-refractivity contribution in [3.8, 4) is 5.75 Å². The van der Waals surface area contributed by atoms with Crippen LogP contribution in [0.15, 0.2) is 29.1 Å². The summed E-state index contributed by atoms with van der Waals surface area (Å²) in [5.41, 5.74) is 2.67. The van der Waals surface area contributed by atoms with Crippen LogP contribution in [0.3, 0.4) is 0 Å². The molecule has 0 saturated carbocycles. The van der Waals surface area contributed by atoms with Crippen molar-refractivity contribution in [2.45, 2.75) is 64.0 Å². The maximum atomic E-state index is 13.1. The molecule has 148 valence electrons. The van der Waals surface area contributed by atoms with Gasteiger partial charge in [0.05, 0.1) is 12.8 Å². The number of aryl methyl sites for hydroxylation is 2. The van der Waals surface area contributed by atoms with E-state index in [-0.39, 0.29) is 23.6 Å². The normalized spacial score (nSPS) is 20.6. The Morgan fingerprint density at radius 1 is 1.25 bits per heavy atom. The van der Waals surface area contributed by atoms with Crippen LogP contribution in [0, 0.1) is 0 Å². The summed E-state index contributed by atoms with van der Waals surface area (Å²) < 4.78 is 5.40. The number of H-pyrrole nitrogens is 1. The largest absolute Gasteiger partial charge is 0.496 e. The Morgan fingerprint density at radius 3 is 2.75 bits per heavy atom. The molecule has 6 nitrogen and oxygen atoms in total. The fourth-order valence-corrected chi connectivity index (χ4v) is 4.65. The number of amides is 1. The maximum Gasteiger partial charge on any atom is 0.254 e. The van der Waals surface area contributed by atoms with Gasteiger partial charge in [0.15, 0.2) is 0 Å². The number of para-hydroxylation sites is 1. The van der Waals surface area contributed by atoms with Gasteiger partial charge >= 0.3 is 0 Å². The molecule has 6 heteroatoms. The van der Waals surface area contributed by atoms with Crippen molar-refractivity contribution in [3.05, 3.63) is 57.3 Å². The van der Waals surface area contributed by atoms with Gasteiger partial charge in [-0.3, -0.25) is 9.59 Å². The molecule has 1 saturated heterocycles. The Bertz CT molecular complexity index is 937. The number of carbonyl (C=O) groups is 1. The molecule has 1 fully saturated rings. The van der Waals surface area contributed by atoms with E-state index in [4.69, 9.17) is 4.74 Å². The fourth-order valence-electron chi connectivity index (χ4n) is 4.65. The number of nitrogens with zero attached hydrogens (tertiary/aromatic N) is 2. The number of methoxy groups -OCH3 is 1. The monoisotopic (exact) mass is 381 g/mol. The third-order valence-corrected chi connectivity index (χ3v) is 6.06.